The first-order chi connectivity index (χ1) is 17.7. The van der Waals surface area contributed by atoms with E-state index in [0.717, 1.165) is 5.56 Å². The molecule has 1 N–H and O–H groups in total. The van der Waals surface area contributed by atoms with Crippen molar-refractivity contribution >= 4 is 52.2 Å². The van der Waals surface area contributed by atoms with Crippen LogP contribution in [-0.2, 0) is 15.0 Å². The lowest BCUT2D eigenvalue weighted by Gasteiger charge is -2.37. The van der Waals surface area contributed by atoms with Gasteiger partial charge < -0.3 is 10.2 Å². The predicted molar refractivity (Wildman–Crippen MR) is 139 cm³/mol. The molecule has 3 aliphatic rings. The van der Waals surface area contributed by atoms with Crippen LogP contribution in [0.2, 0.25) is 5.02 Å². The molecule has 0 aliphatic carbocycles. The van der Waals surface area contributed by atoms with Crippen molar-refractivity contribution in [2.45, 2.75) is 24.4 Å². The van der Waals surface area contributed by atoms with E-state index in [-0.39, 0.29) is 17.0 Å². The third-order valence-corrected chi connectivity index (χ3v) is 7.87. The highest BCUT2D eigenvalue weighted by atomic mass is 35.5. The van der Waals surface area contributed by atoms with Gasteiger partial charge in [-0.1, -0.05) is 54.1 Å². The van der Waals surface area contributed by atoms with E-state index in [0.29, 0.717) is 22.0 Å². The number of nitrogens with one attached hydrogen (secondary N) is 1. The number of benzene rings is 3. The molecule has 1 fully saturated rings. The number of halogens is 1. The number of Topliss-reactive ketones (excluding diaryl/α,β-unsaturated/α-hetero) is 2. The summed E-state index contributed by atoms with van der Waals surface area (Å²) < 4.78 is 0. The molecular formula is C28H20ClN3O5. The molecular weight excluding hydrogens is 494 g/mol. The Kier molecular flexibility index (Phi) is 5.07. The molecule has 0 bridgehead atoms. The minimum absolute atomic E-state index is 0.0714. The number of hydrogen-bond acceptors (Lipinski definition) is 6. The minimum atomic E-state index is -1.44. The molecule has 3 aliphatic heterocycles. The Bertz CT molecular complexity index is 1570. The number of para-hydroxylation sites is 1. The van der Waals surface area contributed by atoms with Gasteiger partial charge in [-0.25, -0.2) is 0 Å². The number of carbonyl (C=O) groups is 3. The lowest BCUT2D eigenvalue weighted by atomic mass is 9.64. The summed E-state index contributed by atoms with van der Waals surface area (Å²) in [5.41, 5.74) is 1.02. The fourth-order valence-corrected chi connectivity index (χ4v) is 6.44. The molecule has 9 heteroatoms. The average Bonchev–Trinajstić information content (AvgIpc) is 3.36. The van der Waals surface area contributed by atoms with E-state index in [1.54, 1.807) is 42.5 Å². The molecule has 4 atom stereocenters. The van der Waals surface area contributed by atoms with E-state index in [9.17, 15) is 24.5 Å². The summed E-state index contributed by atoms with van der Waals surface area (Å²) in [5.74, 6) is -2.33. The first-order valence-electron chi connectivity index (χ1n) is 11.7. The van der Waals surface area contributed by atoms with Crippen LogP contribution in [0.3, 0.4) is 0 Å². The van der Waals surface area contributed by atoms with Crippen molar-refractivity contribution < 1.29 is 19.3 Å². The molecule has 8 nitrogen and oxygen atoms in total. The van der Waals surface area contributed by atoms with Crippen LogP contribution in [0, 0.1) is 16.0 Å². The first-order valence-corrected chi connectivity index (χ1v) is 12.1. The zero-order valence-electron chi connectivity index (χ0n) is 19.6. The van der Waals surface area contributed by atoms with Crippen LogP contribution >= 0.6 is 11.6 Å². The number of anilines is 2. The number of hydrogen-bond donors (Lipinski definition) is 1. The van der Waals surface area contributed by atoms with E-state index in [1.807, 2.05) is 17.1 Å². The van der Waals surface area contributed by atoms with Crippen molar-refractivity contribution in [1.29, 1.82) is 0 Å². The molecule has 6 rings (SSSR count). The van der Waals surface area contributed by atoms with Crippen molar-refractivity contribution in [2.24, 2.45) is 5.92 Å². The number of nitro benzene ring substituents is 1. The Morgan fingerprint density at radius 1 is 1.08 bits per heavy atom. The second kappa shape index (κ2) is 8.11. The van der Waals surface area contributed by atoms with Crippen LogP contribution in [0.1, 0.15) is 28.4 Å². The molecule has 3 aromatic rings. The summed E-state index contributed by atoms with van der Waals surface area (Å²) in [6.45, 7) is 1.40. The molecule has 184 valence electrons. The second-order valence-electron chi connectivity index (χ2n) is 9.49. The number of nitro groups is 1. The third-order valence-electron chi connectivity index (χ3n) is 7.64. The molecule has 37 heavy (non-hydrogen) atoms. The van der Waals surface area contributed by atoms with Gasteiger partial charge >= 0.3 is 0 Å². The topological polar surface area (TPSA) is 110 Å². The number of rotatable bonds is 4. The molecule has 3 aromatic carbocycles. The van der Waals surface area contributed by atoms with Crippen molar-refractivity contribution in [3.63, 3.8) is 0 Å². The van der Waals surface area contributed by atoms with Crippen LogP contribution in [0.15, 0.2) is 72.8 Å². The molecule has 0 saturated carbocycles. The summed E-state index contributed by atoms with van der Waals surface area (Å²) in [6.07, 6.45) is 3.70. The van der Waals surface area contributed by atoms with Gasteiger partial charge in [0.25, 0.3) is 5.69 Å². The number of nitrogens with zero attached hydrogens (tertiary/aromatic N) is 2. The van der Waals surface area contributed by atoms with Gasteiger partial charge in [0, 0.05) is 34.1 Å². The fraction of sp³-hybridized carbons (Fsp3) is 0.179. The Morgan fingerprint density at radius 3 is 2.62 bits per heavy atom. The Balaban J connectivity index is 1.64. The van der Waals surface area contributed by atoms with Gasteiger partial charge in [-0.15, -0.1) is 0 Å². The Morgan fingerprint density at radius 2 is 1.86 bits per heavy atom. The first kappa shape index (κ1) is 23.1. The highest BCUT2D eigenvalue weighted by Gasteiger charge is 2.69. The van der Waals surface area contributed by atoms with Crippen LogP contribution in [0.4, 0.5) is 17.1 Å². The van der Waals surface area contributed by atoms with Crippen molar-refractivity contribution in [3.8, 4) is 0 Å². The van der Waals surface area contributed by atoms with Gasteiger partial charge in [-0.2, -0.15) is 0 Å². The van der Waals surface area contributed by atoms with Crippen LogP contribution in [0.25, 0.3) is 6.08 Å². The quantitative estimate of drug-likeness (QED) is 0.304. The standard InChI is InChI=1S/C28H20ClN3O5/c1-15(33)25-24(26(34)17-5-4-6-19(14-17)32(36)37)28(20-7-2-3-8-21(20)30-27(28)35)23-12-9-16-13-18(29)10-11-22(16)31(23)25/h2-14,23-25H,1H3,(H,30,35)/t23-,24+,25+,28-/m0/s1. The summed E-state index contributed by atoms with van der Waals surface area (Å²) in [5, 5.41) is 14.9. The second-order valence-corrected chi connectivity index (χ2v) is 9.92. The Labute approximate surface area is 216 Å². The number of non-ortho nitro benzene ring substituents is 1. The molecule has 1 spiro atoms. The number of amides is 1. The SMILES string of the molecule is CC(=O)[C@@H]1[C@H](C(=O)c2cccc([N+](=O)[O-])c2)[C@@]2(C(=O)Nc3ccccc32)[C@@H]2C=Cc3cc(Cl)ccc3N12. The highest BCUT2D eigenvalue weighted by molar-refractivity contribution is 6.31. The third kappa shape index (κ3) is 3.12. The highest BCUT2D eigenvalue weighted by Crippen LogP contribution is 2.57. The van der Waals surface area contributed by atoms with Crippen LogP contribution in [0.5, 0.6) is 0 Å². The van der Waals surface area contributed by atoms with Gasteiger partial charge in [0.15, 0.2) is 11.6 Å². The van der Waals surface area contributed by atoms with E-state index in [2.05, 4.69) is 5.32 Å². The summed E-state index contributed by atoms with van der Waals surface area (Å²) >= 11 is 6.24. The number of fused-ring (bicyclic) bond motifs is 6. The molecule has 1 saturated heterocycles. The maximum atomic E-state index is 14.3. The molecule has 1 amide bonds. The zero-order chi connectivity index (χ0) is 26.1. The molecule has 3 heterocycles. The summed E-state index contributed by atoms with van der Waals surface area (Å²) in [4.78, 5) is 54.4. The maximum Gasteiger partial charge on any atom is 0.270 e. The van der Waals surface area contributed by atoms with Crippen LogP contribution < -0.4 is 10.2 Å². The van der Waals surface area contributed by atoms with E-state index in [4.69, 9.17) is 11.6 Å². The van der Waals surface area contributed by atoms with E-state index < -0.39 is 40.0 Å². The lowest BCUT2D eigenvalue weighted by Crippen LogP contribution is -2.51. The van der Waals surface area contributed by atoms with Crippen molar-refractivity contribution in [3.05, 3.63) is 105 Å². The normalized spacial score (nSPS) is 24.9. The van der Waals surface area contributed by atoms with Crippen molar-refractivity contribution in [1.82, 2.24) is 0 Å². The van der Waals surface area contributed by atoms with Gasteiger partial charge in [0.2, 0.25) is 5.91 Å². The van der Waals surface area contributed by atoms with Crippen molar-refractivity contribution in [2.75, 3.05) is 10.2 Å². The lowest BCUT2D eigenvalue weighted by molar-refractivity contribution is -0.384. The predicted octanol–water partition coefficient (Wildman–Crippen LogP) is 4.81. The average molecular weight is 514 g/mol. The largest absolute Gasteiger partial charge is 0.352 e. The zero-order valence-corrected chi connectivity index (χ0v) is 20.3. The molecule has 0 aromatic heterocycles. The number of ketones is 2. The summed E-state index contributed by atoms with van der Waals surface area (Å²) in [7, 11) is 0. The minimum Gasteiger partial charge on any atom is -0.352 e. The van der Waals surface area contributed by atoms with E-state index in [1.165, 1.54) is 31.2 Å². The maximum absolute atomic E-state index is 14.3. The molecule has 0 unspecified atom stereocenters. The smallest absolute Gasteiger partial charge is 0.270 e. The van der Waals surface area contributed by atoms with Crippen LogP contribution in [-0.4, -0.2) is 34.5 Å². The van der Waals surface area contributed by atoms with Gasteiger partial charge in [-0.05, 0) is 42.3 Å². The Hall–Kier alpha value is -4.30. The van der Waals surface area contributed by atoms with Gasteiger partial charge in [0.1, 0.15) is 5.41 Å². The summed E-state index contributed by atoms with van der Waals surface area (Å²) in [6, 6.07) is 16.2. The number of carbonyl (C=O) groups excluding carboxylic acids is 3. The van der Waals surface area contributed by atoms with Gasteiger partial charge in [-0.3, -0.25) is 24.5 Å². The fourth-order valence-electron chi connectivity index (χ4n) is 6.26. The van der Waals surface area contributed by atoms with Gasteiger partial charge in [0.05, 0.1) is 22.9 Å². The van der Waals surface area contributed by atoms with E-state index >= 15 is 0 Å². The molecule has 0 radical (unpaired) electrons. The monoisotopic (exact) mass is 513 g/mol.